The Bertz CT molecular complexity index is 174. The van der Waals surface area contributed by atoms with E-state index >= 15 is 0 Å². The molecule has 1 rings (SSSR count). The molecule has 0 heterocycles. The topological polar surface area (TPSA) is 29.1 Å². The van der Waals surface area contributed by atoms with Crippen LogP contribution in [0.1, 0.15) is 26.7 Å². The third-order valence-corrected chi connectivity index (χ3v) is 2.27. The number of carbonyl (C=O) groups excluding carboxylic acids is 1. The fourth-order valence-corrected chi connectivity index (χ4v) is 1.26. The van der Waals surface area contributed by atoms with Gasteiger partial charge in [-0.25, -0.2) is 0 Å². The lowest BCUT2D eigenvalue weighted by Crippen LogP contribution is -2.44. The lowest BCUT2D eigenvalue weighted by molar-refractivity contribution is -0.118. The van der Waals surface area contributed by atoms with Crippen molar-refractivity contribution < 1.29 is 4.79 Å². The minimum atomic E-state index is 0.0454. The van der Waals surface area contributed by atoms with E-state index in [4.69, 9.17) is 0 Å². The Balaban J connectivity index is 2.25. The van der Waals surface area contributed by atoms with Crippen molar-refractivity contribution in [1.82, 2.24) is 5.32 Å². The zero-order valence-corrected chi connectivity index (χ0v) is 7.13. The molecule has 1 N–H and O–H groups in total. The van der Waals surface area contributed by atoms with Gasteiger partial charge in [-0.05, 0) is 31.8 Å². The van der Waals surface area contributed by atoms with Crippen LogP contribution in [0.4, 0.5) is 0 Å². The largest absolute Gasteiger partial charge is 0.350 e. The van der Waals surface area contributed by atoms with Crippen molar-refractivity contribution in [2.45, 2.75) is 32.7 Å². The summed E-state index contributed by atoms with van der Waals surface area (Å²) in [5.74, 6) is 0.716. The van der Waals surface area contributed by atoms with E-state index in [0.717, 1.165) is 6.42 Å². The molecule has 2 heteroatoms. The van der Waals surface area contributed by atoms with Crippen molar-refractivity contribution in [2.24, 2.45) is 5.92 Å². The third kappa shape index (κ3) is 2.07. The molecule has 1 aliphatic carbocycles. The minimum Gasteiger partial charge on any atom is -0.350 e. The van der Waals surface area contributed by atoms with Gasteiger partial charge in [0.1, 0.15) is 0 Å². The molecule has 62 valence electrons. The summed E-state index contributed by atoms with van der Waals surface area (Å²) in [6.45, 7) is 4.02. The Morgan fingerprint density at radius 3 is 2.64 bits per heavy atom. The van der Waals surface area contributed by atoms with Crippen molar-refractivity contribution >= 4 is 5.91 Å². The summed E-state index contributed by atoms with van der Waals surface area (Å²) in [6.07, 6.45) is 5.73. The van der Waals surface area contributed by atoms with Crippen LogP contribution in [0, 0.1) is 5.92 Å². The average Bonchev–Trinajstić information content (AvgIpc) is 1.98. The molecule has 0 aromatic heterocycles. The maximum Gasteiger partial charge on any atom is 0.243 e. The fraction of sp³-hybridized carbons (Fsp3) is 0.667. The van der Waals surface area contributed by atoms with E-state index in [1.807, 2.05) is 6.92 Å². The molecule has 0 aromatic carbocycles. The monoisotopic (exact) mass is 153 g/mol. The third-order valence-electron chi connectivity index (χ3n) is 2.27. The summed E-state index contributed by atoms with van der Waals surface area (Å²) in [4.78, 5) is 11.0. The molecule has 1 aliphatic rings. The van der Waals surface area contributed by atoms with E-state index in [9.17, 15) is 4.79 Å². The molecule has 2 atom stereocenters. The predicted octanol–water partition coefficient (Wildman–Crippen LogP) is 1.48. The Morgan fingerprint density at radius 1 is 1.55 bits per heavy atom. The maximum absolute atomic E-state index is 11.0. The van der Waals surface area contributed by atoms with Crippen molar-refractivity contribution in [3.8, 4) is 0 Å². The van der Waals surface area contributed by atoms with Gasteiger partial charge >= 0.3 is 0 Å². The van der Waals surface area contributed by atoms with Crippen molar-refractivity contribution in [3.05, 3.63) is 12.2 Å². The number of rotatable bonds is 2. The van der Waals surface area contributed by atoms with Crippen molar-refractivity contribution in [2.75, 3.05) is 0 Å². The van der Waals surface area contributed by atoms with Gasteiger partial charge in [0, 0.05) is 6.04 Å². The Kier molecular flexibility index (Phi) is 2.69. The molecule has 11 heavy (non-hydrogen) atoms. The molecule has 0 saturated heterocycles. The lowest BCUT2D eigenvalue weighted by Gasteiger charge is -2.33. The smallest absolute Gasteiger partial charge is 0.243 e. The lowest BCUT2D eigenvalue weighted by atomic mass is 9.81. The molecule has 0 spiro atoms. The first kappa shape index (κ1) is 8.31. The van der Waals surface area contributed by atoms with Crippen LogP contribution in [0.2, 0.25) is 0 Å². The quantitative estimate of drug-likeness (QED) is 0.598. The zero-order chi connectivity index (χ0) is 8.27. The average molecular weight is 153 g/mol. The van der Waals surface area contributed by atoms with Gasteiger partial charge < -0.3 is 5.32 Å². The van der Waals surface area contributed by atoms with E-state index in [-0.39, 0.29) is 5.91 Å². The summed E-state index contributed by atoms with van der Waals surface area (Å²) in [5, 5.41) is 2.94. The highest BCUT2D eigenvalue weighted by atomic mass is 16.1. The SMILES string of the molecule is C/C=C/C(=O)NC1CCC1C. The van der Waals surface area contributed by atoms with Crippen molar-refractivity contribution in [3.63, 3.8) is 0 Å². The normalized spacial score (nSPS) is 30.0. The number of amides is 1. The fourth-order valence-electron chi connectivity index (χ4n) is 1.26. The summed E-state index contributed by atoms with van der Waals surface area (Å²) in [5.41, 5.74) is 0. The first-order valence-electron chi connectivity index (χ1n) is 4.17. The summed E-state index contributed by atoms with van der Waals surface area (Å²) in [6, 6.07) is 0.429. The Hall–Kier alpha value is -0.790. The van der Waals surface area contributed by atoms with E-state index in [1.165, 1.54) is 6.42 Å². The van der Waals surface area contributed by atoms with Gasteiger partial charge in [0.25, 0.3) is 0 Å². The molecular weight excluding hydrogens is 138 g/mol. The van der Waals surface area contributed by atoms with Gasteiger partial charge in [0.15, 0.2) is 0 Å². The molecule has 2 nitrogen and oxygen atoms in total. The number of nitrogens with one attached hydrogen (secondary N) is 1. The Labute approximate surface area is 67.7 Å². The molecule has 0 aromatic rings. The van der Waals surface area contributed by atoms with Crippen LogP contribution in [0.3, 0.4) is 0 Å². The maximum atomic E-state index is 11.0. The molecule has 0 aliphatic heterocycles. The second-order valence-corrected chi connectivity index (χ2v) is 3.17. The van der Waals surface area contributed by atoms with Gasteiger partial charge in [-0.2, -0.15) is 0 Å². The van der Waals surface area contributed by atoms with E-state index in [2.05, 4.69) is 12.2 Å². The molecule has 1 saturated carbocycles. The number of hydrogen-bond acceptors (Lipinski definition) is 1. The first-order valence-corrected chi connectivity index (χ1v) is 4.17. The van der Waals surface area contributed by atoms with Crippen LogP contribution in [0.25, 0.3) is 0 Å². The summed E-state index contributed by atoms with van der Waals surface area (Å²) in [7, 11) is 0. The second kappa shape index (κ2) is 3.56. The minimum absolute atomic E-state index is 0.0454. The standard InChI is InChI=1S/C9H15NO/c1-3-4-9(11)10-8-6-5-7(8)2/h3-4,7-8H,5-6H2,1-2H3,(H,10,11)/b4-3+. The summed E-state index contributed by atoms with van der Waals surface area (Å²) >= 11 is 0. The highest BCUT2D eigenvalue weighted by molar-refractivity contribution is 5.87. The van der Waals surface area contributed by atoms with Crippen LogP contribution in [0.5, 0.6) is 0 Å². The number of hydrogen-bond donors (Lipinski definition) is 1. The van der Waals surface area contributed by atoms with Gasteiger partial charge in [-0.15, -0.1) is 0 Å². The van der Waals surface area contributed by atoms with E-state index < -0.39 is 0 Å². The predicted molar refractivity (Wildman–Crippen MR) is 45.1 cm³/mol. The van der Waals surface area contributed by atoms with E-state index in [0.29, 0.717) is 12.0 Å². The van der Waals surface area contributed by atoms with Crippen molar-refractivity contribution in [1.29, 1.82) is 0 Å². The molecule has 2 unspecified atom stereocenters. The van der Waals surface area contributed by atoms with Gasteiger partial charge in [0.2, 0.25) is 5.91 Å². The molecule has 1 fully saturated rings. The van der Waals surface area contributed by atoms with Gasteiger partial charge in [0.05, 0.1) is 0 Å². The molecule has 1 amide bonds. The van der Waals surface area contributed by atoms with E-state index in [1.54, 1.807) is 12.2 Å². The van der Waals surface area contributed by atoms with Gasteiger partial charge in [-0.3, -0.25) is 4.79 Å². The molecular formula is C9H15NO. The highest BCUT2D eigenvalue weighted by Crippen LogP contribution is 2.26. The van der Waals surface area contributed by atoms with Crippen LogP contribution >= 0.6 is 0 Å². The first-order chi connectivity index (χ1) is 5.24. The Morgan fingerprint density at radius 2 is 2.27 bits per heavy atom. The summed E-state index contributed by atoms with van der Waals surface area (Å²) < 4.78 is 0. The van der Waals surface area contributed by atoms with Gasteiger partial charge in [-0.1, -0.05) is 13.0 Å². The second-order valence-electron chi connectivity index (χ2n) is 3.17. The van der Waals surface area contributed by atoms with Crippen LogP contribution < -0.4 is 5.32 Å². The molecule has 0 radical (unpaired) electrons. The number of carbonyl (C=O) groups is 1. The molecule has 0 bridgehead atoms. The van der Waals surface area contributed by atoms with Crippen LogP contribution in [-0.2, 0) is 4.79 Å². The highest BCUT2D eigenvalue weighted by Gasteiger charge is 2.27. The number of allylic oxidation sites excluding steroid dienone is 1. The van der Waals surface area contributed by atoms with Crippen LogP contribution in [-0.4, -0.2) is 11.9 Å². The van der Waals surface area contributed by atoms with Crippen LogP contribution in [0.15, 0.2) is 12.2 Å². The zero-order valence-electron chi connectivity index (χ0n) is 7.13.